The molecule has 4 atom stereocenters. The molecule has 1 saturated carbocycles. The molecule has 0 bridgehead atoms. The maximum atomic E-state index is 14.0. The first-order chi connectivity index (χ1) is 21.1. The molecule has 0 saturated heterocycles. The number of carboxylic acid groups (broad SMARTS) is 1. The number of likely N-dealkylation sites (N-methyl/N-ethyl adjacent to an activating group) is 1. The summed E-state index contributed by atoms with van der Waals surface area (Å²) < 4.78 is 0. The smallest absolute Gasteiger partial charge is 0.300 e. The molecule has 15 nitrogen and oxygen atoms in total. The number of nitrogens with one attached hydrogen (secondary N) is 2. The minimum absolute atomic E-state index is 0.00158. The molecule has 2 amide bonds. The van der Waals surface area contributed by atoms with Gasteiger partial charge in [-0.05, 0) is 65.3 Å². The highest BCUT2D eigenvalue weighted by molar-refractivity contribution is 6.24. The number of aliphatic carboxylic acids is 1. The highest BCUT2D eigenvalue weighted by atomic mass is 16.4. The lowest BCUT2D eigenvalue weighted by molar-refractivity contribution is -0.153. The van der Waals surface area contributed by atoms with E-state index in [4.69, 9.17) is 15.6 Å². The largest absolute Gasteiger partial charge is 0.508 e. The number of hydrogen-bond donors (Lipinski definition) is 8. The van der Waals surface area contributed by atoms with Crippen molar-refractivity contribution in [2.24, 2.45) is 17.6 Å². The van der Waals surface area contributed by atoms with Crippen LogP contribution in [-0.2, 0) is 30.4 Å². The van der Waals surface area contributed by atoms with E-state index in [1.165, 1.54) is 4.90 Å². The molecule has 1 aromatic rings. The van der Waals surface area contributed by atoms with E-state index >= 15 is 0 Å². The van der Waals surface area contributed by atoms with E-state index in [1.807, 2.05) is 20.8 Å². The van der Waals surface area contributed by atoms with Crippen LogP contribution in [0.4, 0.5) is 11.4 Å². The Morgan fingerprint density at radius 3 is 2.13 bits per heavy atom. The van der Waals surface area contributed by atoms with Gasteiger partial charge >= 0.3 is 0 Å². The van der Waals surface area contributed by atoms with Crippen molar-refractivity contribution in [3.05, 3.63) is 34.1 Å². The average molecular weight is 646 g/mol. The number of carbonyl (C=O) groups excluding carboxylic acids is 4. The van der Waals surface area contributed by atoms with Gasteiger partial charge in [0, 0.05) is 43.7 Å². The average Bonchev–Trinajstić information content (AvgIpc) is 2.89. The second-order valence-corrected chi connectivity index (χ2v) is 13.2. The summed E-state index contributed by atoms with van der Waals surface area (Å²) in [6.07, 6.45) is 0.117. The number of amides is 2. The standard InChI is InChI=1S/C29H39N5O8.C2H4O2/c1-28(2,3)31-11-17(35)32-15-10-16(33(4)5)13-8-12-9-14-21(34(6)7)24(38)20(27(30)41)26(40)29(14,42)25(39)18(12)23(37)19(13)22(15)36;1-2(3)4/h10,12,14,21,31,36-37,40,42H,8-9,11H2,1-7H3,(H2,30,41)(H,32,35);1H3,(H,3,4)/t12-,14-,21-,29-;/m0./s1. The lowest BCUT2D eigenvalue weighted by Crippen LogP contribution is -2.65. The third kappa shape index (κ3) is 6.43. The molecule has 0 spiro atoms. The van der Waals surface area contributed by atoms with E-state index in [-0.39, 0.29) is 41.7 Å². The highest BCUT2D eigenvalue weighted by Crippen LogP contribution is 2.54. The molecule has 252 valence electrons. The molecule has 15 heteroatoms. The molecule has 0 heterocycles. The molecule has 46 heavy (non-hydrogen) atoms. The number of benzene rings is 1. The van der Waals surface area contributed by atoms with Gasteiger partial charge in [0.1, 0.15) is 22.8 Å². The van der Waals surface area contributed by atoms with Crippen molar-refractivity contribution in [1.82, 2.24) is 10.2 Å². The van der Waals surface area contributed by atoms with Crippen molar-refractivity contribution in [2.45, 2.75) is 57.7 Å². The van der Waals surface area contributed by atoms with Gasteiger partial charge in [-0.15, -0.1) is 0 Å². The van der Waals surface area contributed by atoms with Crippen molar-refractivity contribution < 1.29 is 49.5 Å². The number of Topliss-reactive ketones (excluding diaryl/α,β-unsaturated/α-hetero) is 2. The second kappa shape index (κ2) is 12.7. The van der Waals surface area contributed by atoms with Gasteiger partial charge in [0.2, 0.25) is 11.7 Å². The fourth-order valence-corrected chi connectivity index (χ4v) is 6.33. The molecule has 1 aromatic carbocycles. The molecular weight excluding hydrogens is 602 g/mol. The maximum Gasteiger partial charge on any atom is 0.300 e. The molecule has 9 N–H and O–H groups in total. The van der Waals surface area contributed by atoms with E-state index in [2.05, 4.69) is 10.6 Å². The van der Waals surface area contributed by atoms with Crippen LogP contribution in [-0.4, -0.2) is 112 Å². The zero-order valence-corrected chi connectivity index (χ0v) is 27.2. The van der Waals surface area contributed by atoms with Crippen LogP contribution in [0.3, 0.4) is 0 Å². The summed E-state index contributed by atoms with van der Waals surface area (Å²) in [6, 6.07) is 0.409. The number of aromatic hydroxyl groups is 1. The Labute approximate surface area is 266 Å². The van der Waals surface area contributed by atoms with Gasteiger partial charge in [-0.3, -0.25) is 28.9 Å². The predicted molar refractivity (Wildman–Crippen MR) is 168 cm³/mol. The zero-order valence-electron chi connectivity index (χ0n) is 27.2. The first kappa shape index (κ1) is 36.0. The summed E-state index contributed by atoms with van der Waals surface area (Å²) in [5, 5.41) is 58.7. The summed E-state index contributed by atoms with van der Waals surface area (Å²) in [4.78, 5) is 64.3. The number of anilines is 2. The van der Waals surface area contributed by atoms with Gasteiger partial charge in [0.05, 0.1) is 23.8 Å². The fraction of sp³-hybridized carbons (Fsp3) is 0.516. The fourth-order valence-electron chi connectivity index (χ4n) is 6.33. The number of nitrogens with zero attached hydrogens (tertiary/aromatic N) is 2. The summed E-state index contributed by atoms with van der Waals surface area (Å²) in [6.45, 7) is 6.70. The number of carboxylic acids is 1. The molecule has 0 radical (unpaired) electrons. The van der Waals surface area contributed by atoms with Crippen molar-refractivity contribution in [3.8, 4) is 5.75 Å². The van der Waals surface area contributed by atoms with Gasteiger partial charge < -0.3 is 46.8 Å². The number of phenolic OH excluding ortho intramolecular Hbond substituents is 1. The minimum atomic E-state index is -2.73. The summed E-state index contributed by atoms with van der Waals surface area (Å²) in [5.74, 6) is -8.62. The van der Waals surface area contributed by atoms with Gasteiger partial charge in [-0.1, -0.05) is 0 Å². The van der Waals surface area contributed by atoms with E-state index in [1.54, 1.807) is 39.2 Å². The van der Waals surface area contributed by atoms with E-state index in [0.29, 0.717) is 11.3 Å². The number of rotatable bonds is 6. The first-order valence-corrected chi connectivity index (χ1v) is 14.5. The van der Waals surface area contributed by atoms with Crippen LogP contribution < -0.4 is 21.3 Å². The van der Waals surface area contributed by atoms with Crippen LogP contribution in [0.25, 0.3) is 5.76 Å². The summed E-state index contributed by atoms with van der Waals surface area (Å²) in [7, 11) is 6.58. The molecule has 0 unspecified atom stereocenters. The summed E-state index contributed by atoms with van der Waals surface area (Å²) in [5.41, 5.74) is 2.11. The predicted octanol–water partition coefficient (Wildman–Crippen LogP) is 0.448. The molecule has 3 aliphatic carbocycles. The Morgan fingerprint density at radius 2 is 1.65 bits per heavy atom. The van der Waals surface area contributed by atoms with E-state index < -0.39 is 75.7 Å². The number of fused-ring (bicyclic) bond motifs is 3. The number of carbonyl (C=O) groups is 5. The van der Waals surface area contributed by atoms with Crippen LogP contribution >= 0.6 is 0 Å². The van der Waals surface area contributed by atoms with Gasteiger partial charge in [0.25, 0.3) is 11.9 Å². The monoisotopic (exact) mass is 645 g/mol. The number of nitrogens with two attached hydrogens (primary N) is 1. The molecule has 3 aliphatic rings. The third-order valence-corrected chi connectivity index (χ3v) is 8.23. The van der Waals surface area contributed by atoms with Crippen molar-refractivity contribution >= 4 is 46.5 Å². The van der Waals surface area contributed by atoms with Crippen LogP contribution in [0.2, 0.25) is 0 Å². The number of aliphatic hydroxyl groups excluding tert-OH is 2. The minimum Gasteiger partial charge on any atom is -0.508 e. The number of hydrogen-bond acceptors (Lipinski definition) is 12. The quantitative estimate of drug-likeness (QED) is 0.155. The SMILES string of the molecule is CC(=O)O.CN(C)c1cc(NC(=O)CNC(C)(C)C)c(O)c2c1C[C@H]1C[C@H]3[C@H](N(C)C)C(=O)C(C(N)=O)=C(O)[C@@]3(O)C(=O)C1=C2O. The van der Waals surface area contributed by atoms with Crippen LogP contribution in [0.1, 0.15) is 45.2 Å². The Hall–Kier alpha value is -4.47. The normalized spacial score (nSPS) is 24.0. The topological polar surface area (TPSA) is 243 Å². The molecule has 1 fully saturated rings. The summed E-state index contributed by atoms with van der Waals surface area (Å²) >= 11 is 0. The number of ketones is 2. The van der Waals surface area contributed by atoms with Gasteiger partial charge in [-0.2, -0.15) is 0 Å². The number of primary amides is 1. The van der Waals surface area contributed by atoms with E-state index in [0.717, 1.165) is 6.92 Å². The number of phenols is 1. The molecule has 0 aliphatic heterocycles. The van der Waals surface area contributed by atoms with Crippen LogP contribution in [0, 0.1) is 11.8 Å². The van der Waals surface area contributed by atoms with E-state index in [9.17, 15) is 39.6 Å². The lowest BCUT2D eigenvalue weighted by Gasteiger charge is -2.50. The Kier molecular flexibility index (Phi) is 9.96. The van der Waals surface area contributed by atoms with Crippen molar-refractivity contribution in [2.75, 3.05) is 45.0 Å². The van der Waals surface area contributed by atoms with Crippen LogP contribution in [0.15, 0.2) is 23.0 Å². The Balaban J connectivity index is 0.00000136. The molecule has 0 aromatic heterocycles. The molecule has 4 rings (SSSR count). The zero-order chi connectivity index (χ0) is 35.2. The molecular formula is C31H43N5O10. The third-order valence-electron chi connectivity index (χ3n) is 8.23. The second-order valence-electron chi connectivity index (χ2n) is 13.2. The lowest BCUT2D eigenvalue weighted by atomic mass is 9.57. The first-order valence-electron chi connectivity index (χ1n) is 14.5. The van der Waals surface area contributed by atoms with Gasteiger partial charge in [-0.25, -0.2) is 0 Å². The maximum absolute atomic E-state index is 14.0. The van der Waals surface area contributed by atoms with Crippen LogP contribution in [0.5, 0.6) is 5.75 Å². The number of aliphatic hydroxyl groups is 3. The van der Waals surface area contributed by atoms with Gasteiger partial charge in [0.15, 0.2) is 11.4 Å². The Morgan fingerprint density at radius 1 is 1.09 bits per heavy atom. The highest BCUT2D eigenvalue weighted by Gasteiger charge is 2.64. The van der Waals surface area contributed by atoms with Crippen molar-refractivity contribution in [3.63, 3.8) is 0 Å². The van der Waals surface area contributed by atoms with Crippen molar-refractivity contribution in [1.29, 1.82) is 0 Å². The Bertz CT molecular complexity index is 1550.